The van der Waals surface area contributed by atoms with E-state index in [1.165, 1.54) is 11.3 Å². The average Bonchev–Trinajstić information content (AvgIpc) is 2.83. The van der Waals surface area contributed by atoms with Gasteiger partial charge in [0.1, 0.15) is 6.04 Å². The van der Waals surface area contributed by atoms with E-state index < -0.39 is 18.1 Å². The quantitative estimate of drug-likeness (QED) is 0.920. The Labute approximate surface area is 106 Å². The van der Waals surface area contributed by atoms with Crippen LogP contribution in [0.25, 0.3) is 0 Å². The van der Waals surface area contributed by atoms with Gasteiger partial charge in [-0.15, -0.1) is 11.3 Å². The van der Waals surface area contributed by atoms with Gasteiger partial charge in [0.25, 0.3) is 0 Å². The van der Waals surface area contributed by atoms with Crippen molar-refractivity contribution in [2.24, 2.45) is 5.73 Å². The Bertz CT molecular complexity index is 524. The van der Waals surface area contributed by atoms with Gasteiger partial charge in [-0.05, 0) is 27.4 Å². The molecule has 17 heavy (non-hydrogen) atoms. The van der Waals surface area contributed by atoms with E-state index in [-0.39, 0.29) is 5.82 Å². The van der Waals surface area contributed by atoms with Crippen LogP contribution in [0, 0.1) is 0 Å². The maximum Gasteiger partial charge on any atom is 0.471 e. The van der Waals surface area contributed by atoms with Crippen LogP contribution < -0.4 is 5.73 Å². The Morgan fingerprint density at radius 3 is 2.65 bits per heavy atom. The number of hydrogen-bond donors (Lipinski definition) is 1. The van der Waals surface area contributed by atoms with E-state index in [2.05, 4.69) is 30.6 Å². The first-order chi connectivity index (χ1) is 7.89. The molecule has 0 saturated heterocycles. The summed E-state index contributed by atoms with van der Waals surface area (Å²) < 4.78 is 41.5. The molecule has 0 aromatic carbocycles. The molecule has 2 aromatic rings. The van der Waals surface area contributed by atoms with E-state index in [1.54, 1.807) is 11.4 Å². The second kappa shape index (κ2) is 4.39. The van der Waals surface area contributed by atoms with Crippen LogP contribution in [0.4, 0.5) is 13.2 Å². The summed E-state index contributed by atoms with van der Waals surface area (Å²) in [6.45, 7) is 0. The maximum atomic E-state index is 12.2. The molecular weight excluding hydrogens is 323 g/mol. The lowest BCUT2D eigenvalue weighted by atomic mass is 10.2. The number of alkyl halides is 3. The fraction of sp³-hybridized carbons (Fsp3) is 0.250. The number of hydrogen-bond acceptors (Lipinski definition) is 5. The molecule has 0 amide bonds. The van der Waals surface area contributed by atoms with Gasteiger partial charge in [0.05, 0.1) is 0 Å². The van der Waals surface area contributed by atoms with Crippen LogP contribution in [0.3, 0.4) is 0 Å². The Morgan fingerprint density at radius 2 is 2.18 bits per heavy atom. The van der Waals surface area contributed by atoms with E-state index in [0.29, 0.717) is 9.35 Å². The lowest BCUT2D eigenvalue weighted by Gasteiger charge is -2.04. The molecule has 0 aliphatic rings. The average molecular weight is 328 g/mol. The van der Waals surface area contributed by atoms with E-state index in [9.17, 15) is 13.2 Å². The largest absolute Gasteiger partial charge is 0.471 e. The van der Waals surface area contributed by atoms with Crippen molar-refractivity contribution in [3.63, 3.8) is 0 Å². The van der Waals surface area contributed by atoms with Crippen LogP contribution >= 0.6 is 27.3 Å². The molecule has 0 radical (unpaired) electrons. The Kier molecular flexibility index (Phi) is 3.23. The van der Waals surface area contributed by atoms with Gasteiger partial charge in [-0.2, -0.15) is 18.2 Å². The van der Waals surface area contributed by atoms with Gasteiger partial charge < -0.3 is 10.3 Å². The predicted molar refractivity (Wildman–Crippen MR) is 57.3 cm³/mol. The normalized spacial score (nSPS) is 13.9. The molecule has 4 nitrogen and oxygen atoms in total. The molecule has 92 valence electrons. The molecular formula is C8H5BrF3N3OS. The van der Waals surface area contributed by atoms with Crippen molar-refractivity contribution < 1.29 is 17.7 Å². The zero-order valence-corrected chi connectivity index (χ0v) is 10.4. The van der Waals surface area contributed by atoms with Gasteiger partial charge in [-0.1, -0.05) is 5.16 Å². The minimum absolute atomic E-state index is 0.194. The molecule has 0 fully saturated rings. The van der Waals surface area contributed by atoms with Gasteiger partial charge in [0, 0.05) is 9.35 Å². The van der Waals surface area contributed by atoms with Crippen LogP contribution in [0.1, 0.15) is 22.6 Å². The minimum atomic E-state index is -4.66. The minimum Gasteiger partial charge on any atom is -0.329 e. The number of nitrogens with zero attached hydrogens (tertiary/aromatic N) is 2. The number of aromatic nitrogens is 2. The Hall–Kier alpha value is -0.930. The van der Waals surface area contributed by atoms with E-state index in [1.807, 2.05) is 0 Å². The SMILES string of the molecule is NC(c1noc(C(F)(F)F)n1)c1sccc1Br. The van der Waals surface area contributed by atoms with Crippen molar-refractivity contribution in [1.82, 2.24) is 10.1 Å². The lowest BCUT2D eigenvalue weighted by Crippen LogP contribution is -2.13. The molecule has 9 heteroatoms. The highest BCUT2D eigenvalue weighted by Gasteiger charge is 2.39. The summed E-state index contributed by atoms with van der Waals surface area (Å²) in [5.41, 5.74) is 5.75. The van der Waals surface area contributed by atoms with Crippen molar-refractivity contribution >= 4 is 27.3 Å². The van der Waals surface area contributed by atoms with Gasteiger partial charge in [-0.3, -0.25) is 0 Å². The first-order valence-corrected chi connectivity index (χ1v) is 5.96. The third-order valence-electron chi connectivity index (χ3n) is 1.89. The van der Waals surface area contributed by atoms with Gasteiger partial charge in [0.2, 0.25) is 0 Å². The highest BCUT2D eigenvalue weighted by molar-refractivity contribution is 9.10. The van der Waals surface area contributed by atoms with Crippen LogP contribution in [0.15, 0.2) is 20.4 Å². The molecule has 2 N–H and O–H groups in total. The van der Waals surface area contributed by atoms with Crippen LogP contribution in [0.2, 0.25) is 0 Å². The van der Waals surface area contributed by atoms with Crippen LogP contribution in [-0.2, 0) is 6.18 Å². The van der Waals surface area contributed by atoms with Gasteiger partial charge >= 0.3 is 12.1 Å². The van der Waals surface area contributed by atoms with E-state index in [4.69, 9.17) is 5.73 Å². The molecule has 0 bridgehead atoms. The maximum absolute atomic E-state index is 12.2. The summed E-state index contributed by atoms with van der Waals surface area (Å²) in [4.78, 5) is 3.88. The molecule has 1 atom stereocenters. The van der Waals surface area contributed by atoms with E-state index >= 15 is 0 Å². The monoisotopic (exact) mass is 327 g/mol. The fourth-order valence-electron chi connectivity index (χ4n) is 1.12. The number of rotatable bonds is 2. The summed E-state index contributed by atoms with van der Waals surface area (Å²) in [7, 11) is 0. The van der Waals surface area contributed by atoms with Crippen molar-refractivity contribution in [1.29, 1.82) is 0 Å². The molecule has 0 saturated carbocycles. The highest BCUT2D eigenvalue weighted by atomic mass is 79.9. The van der Waals surface area contributed by atoms with Gasteiger partial charge in [0.15, 0.2) is 5.82 Å². The summed E-state index contributed by atoms with van der Waals surface area (Å²) in [5.74, 6) is -1.59. The highest BCUT2D eigenvalue weighted by Crippen LogP contribution is 2.32. The second-order valence-electron chi connectivity index (χ2n) is 3.07. The molecule has 2 heterocycles. The molecule has 0 aliphatic carbocycles. The third-order valence-corrected chi connectivity index (χ3v) is 3.84. The van der Waals surface area contributed by atoms with Gasteiger partial charge in [-0.25, -0.2) is 0 Å². The summed E-state index contributed by atoms with van der Waals surface area (Å²) >= 11 is 4.53. The second-order valence-corrected chi connectivity index (χ2v) is 4.87. The first-order valence-electron chi connectivity index (χ1n) is 4.29. The number of halogens is 4. The molecule has 2 aromatic heterocycles. The third kappa shape index (κ3) is 2.50. The van der Waals surface area contributed by atoms with E-state index in [0.717, 1.165) is 0 Å². The standard InChI is InChI=1S/C8H5BrF3N3OS/c9-3-1-2-17-5(3)4(13)6-14-7(16-15-6)8(10,11)12/h1-2,4H,13H2. The molecule has 1 unspecified atom stereocenters. The Morgan fingerprint density at radius 1 is 1.47 bits per heavy atom. The zero-order chi connectivity index (χ0) is 12.6. The molecule has 0 aliphatic heterocycles. The number of nitrogens with two attached hydrogens (primary N) is 1. The van der Waals surface area contributed by atoms with Crippen LogP contribution in [0.5, 0.6) is 0 Å². The number of thiophene rings is 1. The van der Waals surface area contributed by atoms with Crippen molar-refractivity contribution in [3.05, 3.63) is 32.5 Å². The topological polar surface area (TPSA) is 64.9 Å². The van der Waals surface area contributed by atoms with Crippen molar-refractivity contribution in [2.75, 3.05) is 0 Å². The van der Waals surface area contributed by atoms with Crippen molar-refractivity contribution in [2.45, 2.75) is 12.2 Å². The summed E-state index contributed by atoms with van der Waals surface area (Å²) in [6.07, 6.45) is -4.66. The summed E-state index contributed by atoms with van der Waals surface area (Å²) in [6, 6.07) is 0.897. The predicted octanol–water partition coefficient (Wildman–Crippen LogP) is 2.96. The summed E-state index contributed by atoms with van der Waals surface area (Å²) in [5, 5.41) is 4.99. The lowest BCUT2D eigenvalue weighted by molar-refractivity contribution is -0.159. The smallest absolute Gasteiger partial charge is 0.329 e. The van der Waals surface area contributed by atoms with Crippen molar-refractivity contribution in [3.8, 4) is 0 Å². The fourth-order valence-corrected chi connectivity index (χ4v) is 2.74. The first kappa shape index (κ1) is 12.5. The Balaban J connectivity index is 2.30. The van der Waals surface area contributed by atoms with Crippen LogP contribution in [-0.4, -0.2) is 10.1 Å². The molecule has 2 rings (SSSR count). The molecule has 0 spiro atoms. The zero-order valence-electron chi connectivity index (χ0n) is 8.03.